The van der Waals surface area contributed by atoms with Gasteiger partial charge in [0.15, 0.2) is 0 Å². The first kappa shape index (κ1) is 18.9. The number of pyridine rings is 1. The molecule has 5 nitrogen and oxygen atoms in total. The number of hydrogen-bond acceptors (Lipinski definition) is 5. The normalized spacial score (nSPS) is 12.8. The number of carbonyl (C=O) groups is 2. The number of aryl methyl sites for hydroxylation is 1. The minimum Gasteiger partial charge on any atom is -0.273 e. The second-order valence-electron chi connectivity index (χ2n) is 6.68. The lowest BCUT2D eigenvalue weighted by molar-refractivity contribution is 0.0664. The molecule has 0 aliphatic carbocycles. The van der Waals surface area contributed by atoms with Crippen LogP contribution in [-0.4, -0.2) is 34.0 Å². The molecule has 0 radical (unpaired) electrons. The van der Waals surface area contributed by atoms with E-state index in [1.165, 1.54) is 16.7 Å². The third-order valence-corrected chi connectivity index (χ3v) is 5.73. The average Bonchev–Trinajstić information content (AvgIpc) is 2.99. The lowest BCUT2D eigenvalue weighted by Gasteiger charge is -2.13. The fourth-order valence-corrected chi connectivity index (χ4v) is 4.10. The Balaban J connectivity index is 1.49. The van der Waals surface area contributed by atoms with E-state index in [1.807, 2.05) is 37.3 Å². The van der Waals surface area contributed by atoms with Gasteiger partial charge in [-0.25, -0.2) is 4.98 Å². The van der Waals surface area contributed by atoms with Crippen molar-refractivity contribution in [3.63, 3.8) is 0 Å². The minimum atomic E-state index is -0.270. The first-order valence-electron chi connectivity index (χ1n) is 9.14. The number of imide groups is 1. The number of fused-ring (bicyclic) bond motifs is 1. The van der Waals surface area contributed by atoms with Gasteiger partial charge in [0.25, 0.3) is 11.8 Å². The number of benzene rings is 2. The van der Waals surface area contributed by atoms with Crippen molar-refractivity contribution in [2.45, 2.75) is 11.9 Å². The zero-order valence-electron chi connectivity index (χ0n) is 15.8. The Hall–Kier alpha value is -3.43. The number of aromatic nitrogens is 1. The second kappa shape index (κ2) is 7.90. The number of hydrogen-bond donors (Lipinski definition) is 0. The van der Waals surface area contributed by atoms with Crippen LogP contribution in [0.1, 0.15) is 31.8 Å². The summed E-state index contributed by atoms with van der Waals surface area (Å²) in [5, 5.41) is 10.0. The molecular weight excluding hydrogens is 382 g/mol. The largest absolute Gasteiger partial charge is 0.273 e. The standard InChI is InChI=1S/C23H17N3O2S/c1-15-6-8-16(9-7-15)20-11-10-17(14-24)21(25-20)29-13-12-26-22(27)18-4-2-3-5-19(18)23(26)28/h2-11H,12-13H2,1H3. The molecule has 0 unspecified atom stereocenters. The number of nitriles is 1. The Kier molecular flexibility index (Phi) is 5.15. The van der Waals surface area contributed by atoms with Crippen molar-refractivity contribution in [1.82, 2.24) is 9.88 Å². The molecule has 0 spiro atoms. The Bertz CT molecular complexity index is 1110. The Morgan fingerprint density at radius 1 is 0.966 bits per heavy atom. The van der Waals surface area contributed by atoms with Crippen LogP contribution >= 0.6 is 11.8 Å². The zero-order valence-corrected chi connectivity index (χ0v) is 16.6. The highest BCUT2D eigenvalue weighted by Crippen LogP contribution is 2.27. The fourth-order valence-electron chi connectivity index (χ4n) is 3.20. The van der Waals surface area contributed by atoms with Gasteiger partial charge in [-0.05, 0) is 31.2 Å². The Morgan fingerprint density at radius 2 is 1.62 bits per heavy atom. The van der Waals surface area contributed by atoms with Crippen molar-refractivity contribution in [2.75, 3.05) is 12.3 Å². The van der Waals surface area contributed by atoms with Crippen LogP contribution in [0.3, 0.4) is 0 Å². The van der Waals surface area contributed by atoms with Gasteiger partial charge in [-0.15, -0.1) is 11.8 Å². The predicted octanol–water partition coefficient (Wildman–Crippen LogP) is 4.32. The molecule has 0 N–H and O–H groups in total. The number of nitrogens with zero attached hydrogens (tertiary/aromatic N) is 3. The van der Waals surface area contributed by atoms with Gasteiger partial charge < -0.3 is 0 Å². The van der Waals surface area contributed by atoms with Crippen LogP contribution in [-0.2, 0) is 0 Å². The van der Waals surface area contributed by atoms with Crippen molar-refractivity contribution < 1.29 is 9.59 Å². The van der Waals surface area contributed by atoms with Gasteiger partial charge in [0, 0.05) is 17.9 Å². The molecule has 0 fully saturated rings. The summed E-state index contributed by atoms with van der Waals surface area (Å²) in [6, 6.07) is 20.6. The van der Waals surface area contributed by atoms with Gasteiger partial charge in [-0.3, -0.25) is 14.5 Å². The molecule has 2 aromatic carbocycles. The van der Waals surface area contributed by atoms with E-state index in [1.54, 1.807) is 30.3 Å². The number of thioether (sulfide) groups is 1. The molecule has 2 heterocycles. The Labute approximate surface area is 173 Å². The van der Waals surface area contributed by atoms with Crippen molar-refractivity contribution in [2.24, 2.45) is 0 Å². The summed E-state index contributed by atoms with van der Waals surface area (Å²) in [6.45, 7) is 2.29. The SMILES string of the molecule is Cc1ccc(-c2ccc(C#N)c(SCCN3C(=O)c4ccccc4C3=O)n2)cc1. The van der Waals surface area contributed by atoms with Crippen molar-refractivity contribution in [3.8, 4) is 17.3 Å². The van der Waals surface area contributed by atoms with E-state index < -0.39 is 0 Å². The molecule has 2 amide bonds. The number of carbonyl (C=O) groups excluding carboxylic acids is 2. The van der Waals surface area contributed by atoms with Crippen LogP contribution in [0.15, 0.2) is 65.7 Å². The Morgan fingerprint density at radius 3 is 2.24 bits per heavy atom. The molecule has 0 saturated carbocycles. The highest BCUT2D eigenvalue weighted by molar-refractivity contribution is 7.99. The van der Waals surface area contributed by atoms with E-state index in [4.69, 9.17) is 0 Å². The topological polar surface area (TPSA) is 74.1 Å². The van der Waals surface area contributed by atoms with E-state index in [0.717, 1.165) is 16.8 Å². The molecule has 0 atom stereocenters. The maximum absolute atomic E-state index is 12.5. The molecule has 142 valence electrons. The molecule has 6 heteroatoms. The van der Waals surface area contributed by atoms with Gasteiger partial charge in [0.1, 0.15) is 11.1 Å². The molecule has 0 saturated heterocycles. The van der Waals surface area contributed by atoms with E-state index in [-0.39, 0.29) is 18.4 Å². The predicted molar refractivity (Wildman–Crippen MR) is 112 cm³/mol. The molecule has 1 aliphatic heterocycles. The molecule has 3 aromatic rings. The van der Waals surface area contributed by atoms with Crippen LogP contribution in [0.25, 0.3) is 11.3 Å². The van der Waals surface area contributed by atoms with E-state index >= 15 is 0 Å². The summed E-state index contributed by atoms with van der Waals surface area (Å²) in [4.78, 5) is 30.8. The quantitative estimate of drug-likeness (QED) is 0.472. The third kappa shape index (κ3) is 3.65. The molecule has 4 rings (SSSR count). The van der Waals surface area contributed by atoms with Gasteiger partial charge in [-0.1, -0.05) is 42.0 Å². The first-order chi connectivity index (χ1) is 14.1. The van der Waals surface area contributed by atoms with Crippen molar-refractivity contribution in [3.05, 3.63) is 82.9 Å². The molecule has 1 aromatic heterocycles. The average molecular weight is 399 g/mol. The molecule has 1 aliphatic rings. The van der Waals surface area contributed by atoms with Gasteiger partial charge in [0.05, 0.1) is 22.4 Å². The lowest BCUT2D eigenvalue weighted by Crippen LogP contribution is -2.31. The molecule has 0 bridgehead atoms. The van der Waals surface area contributed by atoms with Gasteiger partial charge >= 0.3 is 0 Å². The smallest absolute Gasteiger partial charge is 0.261 e. The van der Waals surface area contributed by atoms with E-state index in [2.05, 4.69) is 11.1 Å². The summed E-state index contributed by atoms with van der Waals surface area (Å²) < 4.78 is 0. The van der Waals surface area contributed by atoms with Crippen LogP contribution in [0.5, 0.6) is 0 Å². The second-order valence-corrected chi connectivity index (χ2v) is 7.77. The number of amides is 2. The van der Waals surface area contributed by atoms with E-state index in [0.29, 0.717) is 27.5 Å². The van der Waals surface area contributed by atoms with Gasteiger partial charge in [-0.2, -0.15) is 5.26 Å². The summed E-state index contributed by atoms with van der Waals surface area (Å²) >= 11 is 1.37. The molecule has 29 heavy (non-hydrogen) atoms. The monoisotopic (exact) mass is 399 g/mol. The molecular formula is C23H17N3O2S. The van der Waals surface area contributed by atoms with Crippen LogP contribution < -0.4 is 0 Å². The number of rotatable bonds is 5. The lowest BCUT2D eigenvalue weighted by atomic mass is 10.1. The first-order valence-corrected chi connectivity index (χ1v) is 10.1. The van der Waals surface area contributed by atoms with Crippen LogP contribution in [0.4, 0.5) is 0 Å². The minimum absolute atomic E-state index is 0.262. The third-order valence-electron chi connectivity index (χ3n) is 4.76. The van der Waals surface area contributed by atoms with E-state index in [9.17, 15) is 14.9 Å². The summed E-state index contributed by atoms with van der Waals surface area (Å²) in [6.07, 6.45) is 0. The van der Waals surface area contributed by atoms with Crippen molar-refractivity contribution in [1.29, 1.82) is 5.26 Å². The van der Waals surface area contributed by atoms with Gasteiger partial charge in [0.2, 0.25) is 0 Å². The highest BCUT2D eigenvalue weighted by atomic mass is 32.2. The zero-order chi connectivity index (χ0) is 20.4. The summed E-state index contributed by atoms with van der Waals surface area (Å²) in [5.41, 5.74) is 4.29. The van der Waals surface area contributed by atoms with Crippen LogP contribution in [0, 0.1) is 18.3 Å². The fraction of sp³-hybridized carbons (Fsp3) is 0.130. The summed E-state index contributed by atoms with van der Waals surface area (Å²) in [5.74, 6) is -0.0778. The highest BCUT2D eigenvalue weighted by Gasteiger charge is 2.34. The van der Waals surface area contributed by atoms with Crippen LogP contribution in [0.2, 0.25) is 0 Å². The maximum Gasteiger partial charge on any atom is 0.261 e. The maximum atomic E-state index is 12.5. The van der Waals surface area contributed by atoms with Crippen molar-refractivity contribution >= 4 is 23.6 Å². The summed E-state index contributed by atoms with van der Waals surface area (Å²) in [7, 11) is 0.